The van der Waals surface area contributed by atoms with Crippen molar-refractivity contribution in [1.82, 2.24) is 19.9 Å². The van der Waals surface area contributed by atoms with E-state index in [4.69, 9.17) is 4.74 Å². The van der Waals surface area contributed by atoms with Crippen LogP contribution in [0.5, 0.6) is 11.5 Å². The van der Waals surface area contributed by atoms with Crippen molar-refractivity contribution in [3.63, 3.8) is 0 Å². The smallest absolute Gasteiger partial charge is 0.254 e. The second-order valence-electron chi connectivity index (χ2n) is 7.35. The summed E-state index contributed by atoms with van der Waals surface area (Å²) in [4.78, 5) is 14.5. The Morgan fingerprint density at radius 1 is 1.07 bits per heavy atom. The Balaban J connectivity index is 1.22. The summed E-state index contributed by atoms with van der Waals surface area (Å²) < 4.78 is 20.6. The standard InChI is InChI=1S/C21H19FN4O2/c22-16-6-8-18(9-7-16)28-19-3-1-2-15(10-19)21(27)25-11-17(12-25)26-13-20(23-24-26)14-4-5-14/h1-3,6-10,13-14,17H,4-5,11-12H2. The molecule has 1 aliphatic carbocycles. The summed E-state index contributed by atoms with van der Waals surface area (Å²) in [5.74, 6) is 1.28. The molecule has 5 rings (SSSR count). The first-order valence-electron chi connectivity index (χ1n) is 9.40. The molecule has 142 valence electrons. The van der Waals surface area contributed by atoms with Crippen molar-refractivity contribution in [1.29, 1.82) is 0 Å². The first-order chi connectivity index (χ1) is 13.7. The molecule has 2 heterocycles. The highest BCUT2D eigenvalue weighted by Gasteiger charge is 2.34. The second-order valence-corrected chi connectivity index (χ2v) is 7.35. The highest BCUT2D eigenvalue weighted by atomic mass is 19.1. The molecule has 3 aromatic rings. The minimum absolute atomic E-state index is 0.0386. The van der Waals surface area contributed by atoms with E-state index in [2.05, 4.69) is 10.3 Å². The topological polar surface area (TPSA) is 60.2 Å². The average molecular weight is 378 g/mol. The van der Waals surface area contributed by atoms with Crippen LogP contribution in [0, 0.1) is 5.82 Å². The zero-order chi connectivity index (χ0) is 19.1. The number of aromatic nitrogens is 3. The van der Waals surface area contributed by atoms with Gasteiger partial charge < -0.3 is 9.64 Å². The van der Waals surface area contributed by atoms with E-state index >= 15 is 0 Å². The van der Waals surface area contributed by atoms with Crippen molar-refractivity contribution in [2.24, 2.45) is 0 Å². The third kappa shape index (κ3) is 3.35. The molecule has 0 radical (unpaired) electrons. The van der Waals surface area contributed by atoms with E-state index in [0.29, 0.717) is 36.1 Å². The number of carbonyl (C=O) groups excluding carboxylic acids is 1. The van der Waals surface area contributed by atoms with Crippen LogP contribution in [0.25, 0.3) is 0 Å². The molecule has 1 saturated carbocycles. The zero-order valence-corrected chi connectivity index (χ0v) is 15.2. The van der Waals surface area contributed by atoms with Crippen LogP contribution < -0.4 is 4.74 Å². The van der Waals surface area contributed by atoms with E-state index < -0.39 is 0 Å². The van der Waals surface area contributed by atoms with Gasteiger partial charge in [-0.15, -0.1) is 5.10 Å². The van der Waals surface area contributed by atoms with E-state index in [1.54, 1.807) is 41.3 Å². The van der Waals surface area contributed by atoms with Crippen LogP contribution in [0.1, 0.15) is 40.9 Å². The third-order valence-corrected chi connectivity index (χ3v) is 5.18. The Bertz CT molecular complexity index is 1010. The van der Waals surface area contributed by atoms with Gasteiger partial charge in [-0.3, -0.25) is 4.79 Å². The zero-order valence-electron chi connectivity index (χ0n) is 15.2. The van der Waals surface area contributed by atoms with Crippen molar-refractivity contribution >= 4 is 5.91 Å². The number of likely N-dealkylation sites (tertiary alicyclic amines) is 1. The maximum Gasteiger partial charge on any atom is 0.254 e. The summed E-state index contributed by atoms with van der Waals surface area (Å²) in [6.45, 7) is 1.24. The minimum atomic E-state index is -0.319. The molecule has 0 unspecified atom stereocenters. The fourth-order valence-corrected chi connectivity index (χ4v) is 3.34. The van der Waals surface area contributed by atoms with Gasteiger partial charge in [0, 0.05) is 30.8 Å². The maximum absolute atomic E-state index is 13.0. The van der Waals surface area contributed by atoms with Gasteiger partial charge >= 0.3 is 0 Å². The van der Waals surface area contributed by atoms with Crippen LogP contribution in [-0.4, -0.2) is 38.9 Å². The first kappa shape index (κ1) is 16.9. The molecule has 2 aliphatic rings. The van der Waals surface area contributed by atoms with Gasteiger partial charge in [0.25, 0.3) is 5.91 Å². The van der Waals surface area contributed by atoms with Crippen LogP contribution in [0.3, 0.4) is 0 Å². The number of benzene rings is 2. The monoisotopic (exact) mass is 378 g/mol. The fraction of sp³-hybridized carbons (Fsp3) is 0.286. The van der Waals surface area contributed by atoms with Crippen LogP contribution >= 0.6 is 0 Å². The van der Waals surface area contributed by atoms with Crippen LogP contribution in [0.2, 0.25) is 0 Å². The number of halogens is 1. The van der Waals surface area contributed by atoms with Gasteiger partial charge in [0.15, 0.2) is 0 Å². The first-order valence-corrected chi connectivity index (χ1v) is 9.40. The lowest BCUT2D eigenvalue weighted by atomic mass is 10.1. The Kier molecular flexibility index (Phi) is 4.07. The van der Waals surface area contributed by atoms with Gasteiger partial charge in [0.05, 0.1) is 11.7 Å². The molecular weight excluding hydrogens is 359 g/mol. The number of carbonyl (C=O) groups is 1. The molecule has 0 spiro atoms. The predicted octanol–water partition coefficient (Wildman–Crippen LogP) is 3.78. The van der Waals surface area contributed by atoms with Crippen molar-refractivity contribution in [2.45, 2.75) is 24.8 Å². The fourth-order valence-electron chi connectivity index (χ4n) is 3.34. The Labute approximate surface area is 161 Å². The largest absolute Gasteiger partial charge is 0.457 e. The quantitative estimate of drug-likeness (QED) is 0.678. The number of rotatable bonds is 5. The Hall–Kier alpha value is -3.22. The van der Waals surface area contributed by atoms with Crippen molar-refractivity contribution in [2.75, 3.05) is 13.1 Å². The second kappa shape index (κ2) is 6.74. The summed E-state index contributed by atoms with van der Waals surface area (Å²) in [6.07, 6.45) is 4.41. The molecule has 0 bridgehead atoms. The molecule has 7 heteroatoms. The van der Waals surface area contributed by atoms with E-state index in [0.717, 1.165) is 5.69 Å². The Morgan fingerprint density at radius 2 is 1.86 bits per heavy atom. The molecule has 1 aliphatic heterocycles. The summed E-state index contributed by atoms with van der Waals surface area (Å²) >= 11 is 0. The maximum atomic E-state index is 13.0. The van der Waals surface area contributed by atoms with Crippen molar-refractivity contribution < 1.29 is 13.9 Å². The van der Waals surface area contributed by atoms with Gasteiger partial charge in [-0.05, 0) is 55.3 Å². The van der Waals surface area contributed by atoms with Gasteiger partial charge in [-0.1, -0.05) is 11.3 Å². The van der Waals surface area contributed by atoms with Crippen molar-refractivity contribution in [3.05, 3.63) is 71.8 Å². The van der Waals surface area contributed by atoms with E-state index in [1.807, 2.05) is 10.9 Å². The molecule has 1 aromatic heterocycles. The molecule has 2 aromatic carbocycles. The van der Waals surface area contributed by atoms with E-state index in [-0.39, 0.29) is 17.8 Å². The molecule has 6 nitrogen and oxygen atoms in total. The lowest BCUT2D eigenvalue weighted by molar-refractivity contribution is 0.0498. The Morgan fingerprint density at radius 3 is 2.61 bits per heavy atom. The van der Waals surface area contributed by atoms with Gasteiger partial charge in [-0.2, -0.15) is 0 Å². The van der Waals surface area contributed by atoms with E-state index in [1.165, 1.54) is 25.0 Å². The average Bonchev–Trinajstić information content (AvgIpc) is 3.41. The summed E-state index contributed by atoms with van der Waals surface area (Å²) in [5, 5.41) is 8.45. The minimum Gasteiger partial charge on any atom is -0.457 e. The van der Waals surface area contributed by atoms with Gasteiger partial charge in [-0.25, -0.2) is 9.07 Å². The normalized spacial score (nSPS) is 16.7. The molecule has 28 heavy (non-hydrogen) atoms. The molecule has 0 N–H and O–H groups in total. The number of ether oxygens (including phenoxy) is 1. The van der Waals surface area contributed by atoms with Crippen molar-refractivity contribution in [3.8, 4) is 11.5 Å². The van der Waals surface area contributed by atoms with Crippen LogP contribution in [-0.2, 0) is 0 Å². The number of nitrogens with zero attached hydrogens (tertiary/aromatic N) is 4. The lowest BCUT2D eigenvalue weighted by Crippen LogP contribution is -2.50. The highest BCUT2D eigenvalue weighted by Crippen LogP contribution is 2.39. The van der Waals surface area contributed by atoms with Gasteiger partial charge in [0.1, 0.15) is 17.3 Å². The van der Waals surface area contributed by atoms with Gasteiger partial charge in [0.2, 0.25) is 0 Å². The van der Waals surface area contributed by atoms with Crippen LogP contribution in [0.4, 0.5) is 4.39 Å². The summed E-state index contributed by atoms with van der Waals surface area (Å²) in [6, 6.07) is 13.0. The number of amides is 1. The number of hydrogen-bond acceptors (Lipinski definition) is 4. The molecule has 0 atom stereocenters. The SMILES string of the molecule is O=C(c1cccc(Oc2ccc(F)cc2)c1)N1CC(n2cc(C3CC3)nn2)C1. The predicted molar refractivity (Wildman–Crippen MR) is 99.9 cm³/mol. The molecule has 1 amide bonds. The van der Waals surface area contributed by atoms with Crippen LogP contribution in [0.15, 0.2) is 54.7 Å². The molecule has 1 saturated heterocycles. The summed E-state index contributed by atoms with van der Waals surface area (Å²) in [5.41, 5.74) is 1.63. The van der Waals surface area contributed by atoms with E-state index in [9.17, 15) is 9.18 Å². The molecule has 2 fully saturated rings. The third-order valence-electron chi connectivity index (χ3n) is 5.18. The highest BCUT2D eigenvalue weighted by molar-refractivity contribution is 5.95. The number of hydrogen-bond donors (Lipinski definition) is 0. The molecular formula is C21H19FN4O2. The lowest BCUT2D eigenvalue weighted by Gasteiger charge is -2.38. The summed E-state index contributed by atoms with van der Waals surface area (Å²) in [7, 11) is 0.